The van der Waals surface area contributed by atoms with Crippen LogP contribution in [0.4, 0.5) is 0 Å². The lowest BCUT2D eigenvalue weighted by atomic mass is 10.0. The molecule has 1 aromatic heterocycles. The number of unbranched alkanes of at least 4 members (excludes halogenated alkanes) is 13. The van der Waals surface area contributed by atoms with Crippen molar-refractivity contribution in [3.8, 4) is 39.7 Å². The Kier molecular flexibility index (Phi) is 18.0. The quantitative estimate of drug-likeness (QED) is 0.0495. The van der Waals surface area contributed by atoms with Gasteiger partial charge in [-0.1, -0.05) is 144 Å². The lowest BCUT2D eigenvalue weighted by molar-refractivity contribution is -0.167. The summed E-state index contributed by atoms with van der Waals surface area (Å²) in [5.41, 5.74) is 5.74. The van der Waals surface area contributed by atoms with E-state index in [1.54, 1.807) is 0 Å². The molecule has 0 bridgehead atoms. The monoisotopic (exact) mass is 903 g/mol. The highest BCUT2D eigenvalue weighted by Gasteiger charge is 2.43. The average molecular weight is 903 g/mol. The van der Waals surface area contributed by atoms with Crippen LogP contribution < -0.4 is 10.1 Å². The van der Waals surface area contributed by atoms with Crippen molar-refractivity contribution in [2.24, 2.45) is 11.1 Å². The van der Waals surface area contributed by atoms with E-state index in [4.69, 9.17) is 24.0 Å². The first-order valence-corrected chi connectivity index (χ1v) is 24.7. The number of imidazole rings is 1. The fourth-order valence-corrected chi connectivity index (χ4v) is 8.42. The summed E-state index contributed by atoms with van der Waals surface area (Å²) in [7, 11) is 0. The minimum atomic E-state index is -0.777. The number of rotatable bonds is 25. The molecule has 4 aromatic rings. The van der Waals surface area contributed by atoms with Gasteiger partial charge < -0.3 is 29.3 Å². The van der Waals surface area contributed by atoms with Crippen molar-refractivity contribution in [2.45, 2.75) is 174 Å². The van der Waals surface area contributed by atoms with E-state index in [9.17, 15) is 14.4 Å². The van der Waals surface area contributed by atoms with E-state index in [0.29, 0.717) is 23.7 Å². The zero-order chi connectivity index (χ0) is 47.1. The van der Waals surface area contributed by atoms with Crippen LogP contribution in [-0.2, 0) is 28.7 Å². The van der Waals surface area contributed by atoms with Crippen LogP contribution in [0.2, 0.25) is 0 Å². The van der Waals surface area contributed by atoms with Gasteiger partial charge in [0.25, 0.3) is 0 Å². The summed E-state index contributed by atoms with van der Waals surface area (Å²) in [5.74, 6) is 0.742. The summed E-state index contributed by atoms with van der Waals surface area (Å²) in [6, 6.07) is 23.8. The van der Waals surface area contributed by atoms with Crippen molar-refractivity contribution >= 4 is 23.6 Å². The molecule has 2 aliphatic rings. The normalized spacial score (nSPS) is 16.9. The van der Waals surface area contributed by atoms with Gasteiger partial charge >= 0.3 is 11.9 Å². The van der Waals surface area contributed by atoms with Crippen LogP contribution in [0.15, 0.2) is 78.0 Å². The van der Waals surface area contributed by atoms with Gasteiger partial charge in [0.05, 0.1) is 17.1 Å². The van der Waals surface area contributed by atoms with Crippen LogP contribution in [0.1, 0.15) is 168 Å². The molecule has 0 saturated heterocycles. The Labute approximate surface area is 393 Å². The van der Waals surface area contributed by atoms with Crippen molar-refractivity contribution < 1.29 is 33.4 Å². The second-order valence-electron chi connectivity index (χ2n) is 20.1. The van der Waals surface area contributed by atoms with Crippen molar-refractivity contribution in [1.29, 1.82) is 0 Å². The Bertz CT molecular complexity index is 2200. The Balaban J connectivity index is 1.04. The van der Waals surface area contributed by atoms with Gasteiger partial charge in [0.1, 0.15) is 22.8 Å². The third kappa shape index (κ3) is 15.6. The van der Waals surface area contributed by atoms with Crippen LogP contribution >= 0.6 is 0 Å². The van der Waals surface area contributed by atoms with E-state index < -0.39 is 29.2 Å². The first-order valence-electron chi connectivity index (χ1n) is 24.7. The van der Waals surface area contributed by atoms with E-state index >= 15 is 0 Å². The molecule has 1 amide bonds. The molecule has 356 valence electrons. The summed E-state index contributed by atoms with van der Waals surface area (Å²) in [6.45, 7) is 13.8. The molecule has 3 atom stereocenters. The molecule has 1 saturated carbocycles. The molecule has 11 heteroatoms. The molecule has 0 radical (unpaired) electrons. The van der Waals surface area contributed by atoms with Crippen LogP contribution in [0, 0.1) is 5.92 Å². The van der Waals surface area contributed by atoms with Gasteiger partial charge in [-0.25, -0.2) is 14.6 Å². The van der Waals surface area contributed by atoms with E-state index in [2.05, 4.69) is 46.6 Å². The van der Waals surface area contributed by atoms with Gasteiger partial charge in [-0.2, -0.15) is 0 Å². The molecule has 1 aliphatic heterocycles. The summed E-state index contributed by atoms with van der Waals surface area (Å²) < 4.78 is 16.6. The third-order valence-electron chi connectivity index (χ3n) is 12.0. The Morgan fingerprint density at radius 1 is 0.682 bits per heavy atom. The number of nitrogens with zero attached hydrogens (tertiary/aromatic N) is 2. The molecule has 0 spiro atoms. The van der Waals surface area contributed by atoms with Crippen LogP contribution in [0.25, 0.3) is 33.9 Å². The molecule has 11 nitrogen and oxygen atoms in total. The number of esters is 2. The second-order valence-corrected chi connectivity index (χ2v) is 20.1. The van der Waals surface area contributed by atoms with Gasteiger partial charge in [-0.15, -0.1) is 0 Å². The highest BCUT2D eigenvalue weighted by Crippen LogP contribution is 2.48. The molecule has 2 heterocycles. The zero-order valence-corrected chi connectivity index (χ0v) is 40.6. The van der Waals surface area contributed by atoms with Gasteiger partial charge in [0, 0.05) is 35.6 Å². The van der Waals surface area contributed by atoms with Crippen molar-refractivity contribution in [1.82, 2.24) is 15.3 Å². The molecule has 1 aliphatic carbocycles. The van der Waals surface area contributed by atoms with Crippen molar-refractivity contribution in [3.63, 3.8) is 0 Å². The van der Waals surface area contributed by atoms with E-state index in [1.807, 2.05) is 90.1 Å². The SMILES string of the molecule is CCCCCCCCCCCCCCCCNC(=O)C1CC1c1ccc(-c2[nH]c(-c3ccc(C4=NOC(C(=O)OC(C)(C)C)C4)cc3)nc2-c2ccc(OCC(=O)OC(C)(C)C)cc2)cc1. The highest BCUT2D eigenvalue weighted by molar-refractivity contribution is 6.03. The molecule has 66 heavy (non-hydrogen) atoms. The topological polar surface area (TPSA) is 141 Å². The molecule has 2 N–H and O–H groups in total. The van der Waals surface area contributed by atoms with Crippen molar-refractivity contribution in [3.05, 3.63) is 83.9 Å². The van der Waals surface area contributed by atoms with E-state index in [1.165, 1.54) is 83.5 Å². The van der Waals surface area contributed by atoms with E-state index in [-0.39, 0.29) is 24.3 Å². The number of aromatic nitrogens is 2. The maximum absolute atomic E-state index is 13.1. The number of H-pyrrole nitrogens is 1. The Morgan fingerprint density at radius 3 is 1.82 bits per heavy atom. The number of carbonyl (C=O) groups excluding carboxylic acids is 3. The fourth-order valence-electron chi connectivity index (χ4n) is 8.42. The van der Waals surface area contributed by atoms with E-state index in [0.717, 1.165) is 58.6 Å². The lowest BCUT2D eigenvalue weighted by Gasteiger charge is -2.20. The largest absolute Gasteiger partial charge is 0.482 e. The number of hydrogen-bond donors (Lipinski definition) is 2. The minimum Gasteiger partial charge on any atom is -0.482 e. The summed E-state index contributed by atoms with van der Waals surface area (Å²) in [6.07, 6.45) is 18.9. The number of hydrogen-bond acceptors (Lipinski definition) is 9. The number of benzene rings is 3. The van der Waals surface area contributed by atoms with Crippen molar-refractivity contribution in [2.75, 3.05) is 13.2 Å². The number of carbonyl (C=O) groups is 3. The van der Waals surface area contributed by atoms with Crippen LogP contribution in [0.3, 0.4) is 0 Å². The van der Waals surface area contributed by atoms with Gasteiger partial charge in [-0.3, -0.25) is 4.79 Å². The standard InChI is InChI=1S/C55H74N4O7/c1-8-9-10-11-12-13-14-15-16-17-18-19-20-21-34-56-52(61)45-35-44(45)38-22-26-40(27-23-38)49-50(41-30-32-43(33-31-41)63-37-48(60)64-54(2,3)4)58-51(57-49)42-28-24-39(25-29-42)46-36-47(66-59-46)53(62)65-55(5,6)7/h22-33,44-45,47H,8-21,34-37H2,1-7H3,(H,56,61)(H,57,58). The summed E-state index contributed by atoms with van der Waals surface area (Å²) >= 11 is 0. The van der Waals surface area contributed by atoms with Gasteiger partial charge in [-0.05, 0) is 95.7 Å². The molecular weight excluding hydrogens is 829 g/mol. The number of oxime groups is 1. The zero-order valence-electron chi connectivity index (χ0n) is 40.6. The average Bonchev–Trinajstić information content (AvgIpc) is 3.70. The number of aromatic amines is 1. The molecule has 3 aromatic carbocycles. The van der Waals surface area contributed by atoms with Crippen LogP contribution in [0.5, 0.6) is 5.75 Å². The second kappa shape index (κ2) is 23.8. The Morgan fingerprint density at radius 2 is 1.23 bits per heavy atom. The van der Waals surface area contributed by atoms with Crippen LogP contribution in [-0.4, -0.2) is 64.0 Å². The maximum Gasteiger partial charge on any atom is 0.351 e. The van der Waals surface area contributed by atoms with Gasteiger partial charge in [0.2, 0.25) is 12.0 Å². The number of ether oxygens (including phenoxy) is 3. The molecule has 6 rings (SSSR count). The molecular formula is C55H74N4O7. The first-order chi connectivity index (χ1) is 31.7. The smallest absolute Gasteiger partial charge is 0.351 e. The maximum atomic E-state index is 13.1. The first kappa shape index (κ1) is 50.0. The fraction of sp³-hybridized carbons (Fsp3) is 0.545. The lowest BCUT2D eigenvalue weighted by Crippen LogP contribution is -2.32. The summed E-state index contributed by atoms with van der Waals surface area (Å²) in [5, 5.41) is 7.41. The molecule has 1 fully saturated rings. The Hall–Kier alpha value is -5.45. The minimum absolute atomic E-state index is 0.0146. The third-order valence-corrected chi connectivity index (χ3v) is 12.0. The predicted molar refractivity (Wildman–Crippen MR) is 262 cm³/mol. The number of nitrogens with one attached hydrogen (secondary N) is 2. The van der Waals surface area contributed by atoms with Gasteiger partial charge in [0.15, 0.2) is 6.61 Å². The summed E-state index contributed by atoms with van der Waals surface area (Å²) in [4.78, 5) is 52.2. The molecule has 3 unspecified atom stereocenters. The predicted octanol–water partition coefficient (Wildman–Crippen LogP) is 12.7. The number of amides is 1. The highest BCUT2D eigenvalue weighted by atomic mass is 16.7.